The highest BCUT2D eigenvalue weighted by atomic mass is 19.1. The van der Waals surface area contributed by atoms with Crippen LogP contribution in [-0.2, 0) is 0 Å². The second-order valence-electron chi connectivity index (χ2n) is 4.49. The molecule has 100 valence electrons. The van der Waals surface area contributed by atoms with E-state index in [1.165, 1.54) is 18.5 Å². The molecule has 0 radical (unpaired) electrons. The van der Waals surface area contributed by atoms with Crippen LogP contribution < -0.4 is 5.73 Å². The molecule has 0 fully saturated rings. The fraction of sp³-hybridized carbons (Fsp3) is 0.0714. The van der Waals surface area contributed by atoms with Crippen molar-refractivity contribution in [2.75, 3.05) is 0 Å². The van der Waals surface area contributed by atoms with Crippen LogP contribution in [-0.4, -0.2) is 20.4 Å². The van der Waals surface area contributed by atoms with E-state index in [1.807, 2.05) is 13.0 Å². The molecule has 2 aromatic heterocycles. The van der Waals surface area contributed by atoms with Gasteiger partial charge in [-0.25, -0.2) is 13.9 Å². The number of nitrogens with two attached hydrogens (primary N) is 1. The van der Waals surface area contributed by atoms with E-state index in [-0.39, 0.29) is 11.7 Å². The van der Waals surface area contributed by atoms with Crippen molar-refractivity contribution in [2.24, 2.45) is 5.73 Å². The zero-order chi connectivity index (χ0) is 14.3. The van der Waals surface area contributed by atoms with Crippen LogP contribution in [0.3, 0.4) is 0 Å². The molecule has 0 unspecified atom stereocenters. The van der Waals surface area contributed by atoms with E-state index in [1.54, 1.807) is 16.6 Å². The average molecular weight is 269 g/mol. The Morgan fingerprint density at radius 1 is 1.30 bits per heavy atom. The van der Waals surface area contributed by atoms with Gasteiger partial charge in [-0.15, -0.1) is 0 Å². The average Bonchev–Trinajstić information content (AvgIpc) is 2.88. The number of aromatic nitrogens is 3. The summed E-state index contributed by atoms with van der Waals surface area (Å²) in [5.74, 6) is -0.402. The maximum absolute atomic E-state index is 13.1. The lowest BCUT2D eigenvalue weighted by atomic mass is 9.99. The summed E-state index contributed by atoms with van der Waals surface area (Å²) in [7, 11) is 0. The molecule has 0 atom stereocenters. The number of halogens is 1. The first-order valence-corrected chi connectivity index (χ1v) is 6.01. The SMILES string of the molecule is Cc1cc(-c2ccc(F)cc2)c(C(=N)N)c2ncnn12. The molecule has 6 heteroatoms. The molecule has 20 heavy (non-hydrogen) atoms. The summed E-state index contributed by atoms with van der Waals surface area (Å²) in [6, 6.07) is 7.93. The Balaban J connectivity index is 2.36. The molecule has 0 aliphatic rings. The van der Waals surface area contributed by atoms with Crippen molar-refractivity contribution in [3.8, 4) is 11.1 Å². The van der Waals surface area contributed by atoms with E-state index in [9.17, 15) is 4.39 Å². The van der Waals surface area contributed by atoms with Crippen LogP contribution in [0.4, 0.5) is 4.39 Å². The van der Waals surface area contributed by atoms with Gasteiger partial charge in [0, 0.05) is 5.69 Å². The van der Waals surface area contributed by atoms with E-state index in [0.717, 1.165) is 16.8 Å². The minimum atomic E-state index is -0.307. The summed E-state index contributed by atoms with van der Waals surface area (Å²) in [6.45, 7) is 1.89. The van der Waals surface area contributed by atoms with Gasteiger partial charge >= 0.3 is 0 Å². The smallest absolute Gasteiger partial charge is 0.167 e. The lowest BCUT2D eigenvalue weighted by Gasteiger charge is -2.11. The van der Waals surface area contributed by atoms with Gasteiger partial charge in [-0.3, -0.25) is 5.41 Å². The number of hydrogen-bond donors (Lipinski definition) is 2. The predicted molar refractivity (Wildman–Crippen MR) is 74.1 cm³/mol. The molecule has 0 aliphatic heterocycles. The first-order valence-electron chi connectivity index (χ1n) is 6.01. The molecular formula is C14H12FN5. The van der Waals surface area contributed by atoms with Crippen LogP contribution in [0.15, 0.2) is 36.7 Å². The van der Waals surface area contributed by atoms with Crippen molar-refractivity contribution in [2.45, 2.75) is 6.92 Å². The number of pyridine rings is 1. The minimum absolute atomic E-state index is 0.0951. The number of aryl methyl sites for hydroxylation is 1. The summed E-state index contributed by atoms with van der Waals surface area (Å²) in [5.41, 5.74) is 9.10. The van der Waals surface area contributed by atoms with Crippen molar-refractivity contribution in [1.82, 2.24) is 14.6 Å². The first kappa shape index (κ1) is 12.3. The Morgan fingerprint density at radius 2 is 2.00 bits per heavy atom. The van der Waals surface area contributed by atoms with Crippen molar-refractivity contribution in [3.05, 3.63) is 53.7 Å². The van der Waals surface area contributed by atoms with Gasteiger partial charge < -0.3 is 5.73 Å². The highest BCUT2D eigenvalue weighted by Gasteiger charge is 2.16. The van der Waals surface area contributed by atoms with Gasteiger partial charge in [-0.05, 0) is 36.2 Å². The number of nitrogens with one attached hydrogen (secondary N) is 1. The number of nitrogens with zero attached hydrogens (tertiary/aromatic N) is 3. The summed E-state index contributed by atoms with van der Waals surface area (Å²) >= 11 is 0. The first-order chi connectivity index (χ1) is 9.58. The van der Waals surface area contributed by atoms with Crippen LogP contribution in [0, 0.1) is 18.2 Å². The van der Waals surface area contributed by atoms with Gasteiger partial charge in [-0.1, -0.05) is 12.1 Å². The topological polar surface area (TPSA) is 80.1 Å². The Labute approximate surface area is 114 Å². The summed E-state index contributed by atoms with van der Waals surface area (Å²) in [4.78, 5) is 4.16. The van der Waals surface area contributed by atoms with E-state index in [4.69, 9.17) is 11.1 Å². The number of fused-ring (bicyclic) bond motifs is 1. The Hall–Kier alpha value is -2.76. The van der Waals surface area contributed by atoms with Crippen LogP contribution in [0.25, 0.3) is 16.8 Å². The normalized spacial score (nSPS) is 10.9. The molecule has 3 N–H and O–H groups in total. The second kappa shape index (κ2) is 4.41. The van der Waals surface area contributed by atoms with Gasteiger partial charge in [0.15, 0.2) is 5.65 Å². The highest BCUT2D eigenvalue weighted by molar-refractivity contribution is 6.06. The van der Waals surface area contributed by atoms with Crippen molar-refractivity contribution < 1.29 is 4.39 Å². The molecule has 3 aromatic rings. The Kier molecular flexibility index (Phi) is 2.71. The van der Waals surface area contributed by atoms with Crippen molar-refractivity contribution >= 4 is 11.5 Å². The quantitative estimate of drug-likeness (QED) is 0.552. The van der Waals surface area contributed by atoms with Gasteiger partial charge in [0.05, 0.1) is 5.56 Å². The zero-order valence-electron chi connectivity index (χ0n) is 10.8. The lowest BCUT2D eigenvalue weighted by molar-refractivity contribution is 0.628. The van der Waals surface area contributed by atoms with Crippen molar-refractivity contribution in [3.63, 3.8) is 0 Å². The summed E-state index contributed by atoms with van der Waals surface area (Å²) in [5, 5.41) is 11.9. The molecule has 0 saturated heterocycles. The third-order valence-corrected chi connectivity index (χ3v) is 3.15. The van der Waals surface area contributed by atoms with Gasteiger partial charge in [0.2, 0.25) is 0 Å². The fourth-order valence-electron chi connectivity index (χ4n) is 2.26. The van der Waals surface area contributed by atoms with E-state index in [0.29, 0.717) is 11.2 Å². The number of nitrogen functional groups attached to an aromatic ring is 1. The standard InChI is InChI=1S/C14H12FN5/c1-8-6-11(9-2-4-10(15)5-3-9)12(13(16)17)14-18-7-19-20(8)14/h2-7H,1H3,(H3,16,17). The molecule has 1 aromatic carbocycles. The molecule has 0 aliphatic carbocycles. The fourth-order valence-corrected chi connectivity index (χ4v) is 2.26. The van der Waals surface area contributed by atoms with Crippen molar-refractivity contribution in [1.29, 1.82) is 5.41 Å². The van der Waals surface area contributed by atoms with E-state index in [2.05, 4.69) is 10.1 Å². The van der Waals surface area contributed by atoms with E-state index >= 15 is 0 Å². The Morgan fingerprint density at radius 3 is 2.65 bits per heavy atom. The number of amidine groups is 1. The number of rotatable bonds is 2. The highest BCUT2D eigenvalue weighted by Crippen LogP contribution is 2.27. The third kappa shape index (κ3) is 1.82. The molecule has 3 rings (SSSR count). The largest absolute Gasteiger partial charge is 0.384 e. The molecule has 5 nitrogen and oxygen atoms in total. The maximum Gasteiger partial charge on any atom is 0.167 e. The van der Waals surface area contributed by atoms with Gasteiger partial charge in [0.25, 0.3) is 0 Å². The van der Waals surface area contributed by atoms with E-state index < -0.39 is 0 Å². The second-order valence-corrected chi connectivity index (χ2v) is 4.49. The molecule has 0 spiro atoms. The lowest BCUT2D eigenvalue weighted by Crippen LogP contribution is -2.15. The van der Waals surface area contributed by atoms with Crippen LogP contribution in [0.1, 0.15) is 11.3 Å². The predicted octanol–water partition coefficient (Wildman–Crippen LogP) is 2.13. The minimum Gasteiger partial charge on any atom is -0.384 e. The Bertz CT molecular complexity index is 804. The molecule has 0 amide bonds. The number of hydrogen-bond acceptors (Lipinski definition) is 3. The maximum atomic E-state index is 13.1. The third-order valence-electron chi connectivity index (χ3n) is 3.15. The van der Waals surface area contributed by atoms with Gasteiger partial charge in [-0.2, -0.15) is 5.10 Å². The zero-order valence-corrected chi connectivity index (χ0v) is 10.8. The summed E-state index contributed by atoms with van der Waals surface area (Å²) < 4.78 is 14.7. The van der Waals surface area contributed by atoms with Gasteiger partial charge in [0.1, 0.15) is 18.0 Å². The molecule has 0 bridgehead atoms. The molecular weight excluding hydrogens is 257 g/mol. The van der Waals surface area contributed by atoms with Crippen LogP contribution >= 0.6 is 0 Å². The van der Waals surface area contributed by atoms with Crippen LogP contribution in [0.5, 0.6) is 0 Å². The monoisotopic (exact) mass is 269 g/mol. The molecule has 0 saturated carbocycles. The molecule has 2 heterocycles. The van der Waals surface area contributed by atoms with Crippen LogP contribution in [0.2, 0.25) is 0 Å². The number of benzene rings is 1. The summed E-state index contributed by atoms with van der Waals surface area (Å²) in [6.07, 6.45) is 1.42.